The maximum atomic E-state index is 12.3. The van der Waals surface area contributed by atoms with Crippen LogP contribution < -0.4 is 10.1 Å². The molecule has 1 amide bonds. The van der Waals surface area contributed by atoms with Gasteiger partial charge in [0.15, 0.2) is 11.5 Å². The van der Waals surface area contributed by atoms with E-state index < -0.39 is 0 Å². The highest BCUT2D eigenvalue weighted by atomic mass is 16.5. The molecule has 0 aliphatic heterocycles. The Morgan fingerprint density at radius 3 is 2.50 bits per heavy atom. The third-order valence-corrected chi connectivity index (χ3v) is 3.90. The standard InChI is InChI=1S/C16H23NO3/c1-20-14-11-7-10-13(15(14)18)16(19)17-12-8-5-3-2-4-6-9-12/h7,10-12,18H,2-6,8-9H2,1H3,(H,17,19). The summed E-state index contributed by atoms with van der Waals surface area (Å²) in [6.07, 6.45) is 8.17. The Morgan fingerprint density at radius 2 is 1.85 bits per heavy atom. The molecular weight excluding hydrogens is 254 g/mol. The van der Waals surface area contributed by atoms with Crippen LogP contribution in [0.4, 0.5) is 0 Å². The summed E-state index contributed by atoms with van der Waals surface area (Å²) in [5.74, 6) is 0.0284. The molecule has 0 aromatic heterocycles. The number of amides is 1. The van der Waals surface area contributed by atoms with Crippen LogP contribution in [0, 0.1) is 0 Å². The molecule has 20 heavy (non-hydrogen) atoms. The van der Waals surface area contributed by atoms with Crippen molar-refractivity contribution in [1.29, 1.82) is 0 Å². The Balaban J connectivity index is 2.03. The highest BCUT2D eigenvalue weighted by Gasteiger charge is 2.19. The Kier molecular flexibility index (Phi) is 5.27. The molecule has 0 bridgehead atoms. The SMILES string of the molecule is COc1cccc(C(=O)NC2CCCCCCC2)c1O. The minimum atomic E-state index is -0.216. The minimum absolute atomic E-state index is 0.0849. The zero-order valence-electron chi connectivity index (χ0n) is 12.0. The monoisotopic (exact) mass is 277 g/mol. The van der Waals surface area contributed by atoms with Crippen molar-refractivity contribution in [2.45, 2.75) is 51.0 Å². The molecule has 1 aliphatic carbocycles. The predicted molar refractivity (Wildman–Crippen MR) is 78.2 cm³/mol. The number of benzene rings is 1. The van der Waals surface area contributed by atoms with Crippen LogP contribution >= 0.6 is 0 Å². The molecule has 0 unspecified atom stereocenters. The molecule has 110 valence electrons. The number of hydrogen-bond donors (Lipinski definition) is 2. The van der Waals surface area contributed by atoms with Gasteiger partial charge in [0.25, 0.3) is 5.91 Å². The Hall–Kier alpha value is -1.71. The molecule has 1 aliphatic rings. The number of phenolic OH excluding ortho intramolecular Hbond substituents is 1. The van der Waals surface area contributed by atoms with Gasteiger partial charge in [-0.3, -0.25) is 4.79 Å². The van der Waals surface area contributed by atoms with Crippen LogP contribution in [0.5, 0.6) is 11.5 Å². The summed E-state index contributed by atoms with van der Waals surface area (Å²) in [6, 6.07) is 5.19. The largest absolute Gasteiger partial charge is 0.504 e. The fraction of sp³-hybridized carbons (Fsp3) is 0.562. The summed E-state index contributed by atoms with van der Waals surface area (Å²) < 4.78 is 5.03. The first-order valence-electron chi connectivity index (χ1n) is 7.39. The number of para-hydroxylation sites is 1. The molecule has 0 radical (unpaired) electrons. The molecule has 2 rings (SSSR count). The van der Waals surface area contributed by atoms with Gasteiger partial charge in [0.05, 0.1) is 12.7 Å². The first-order chi connectivity index (χ1) is 9.72. The molecule has 0 saturated heterocycles. The van der Waals surface area contributed by atoms with Crippen LogP contribution in [0.25, 0.3) is 0 Å². The summed E-state index contributed by atoms with van der Waals surface area (Å²) in [6.45, 7) is 0. The minimum Gasteiger partial charge on any atom is -0.504 e. The molecule has 0 atom stereocenters. The summed E-state index contributed by atoms with van der Waals surface area (Å²) in [7, 11) is 1.48. The summed E-state index contributed by atoms with van der Waals surface area (Å²) in [4.78, 5) is 12.3. The third-order valence-electron chi connectivity index (χ3n) is 3.90. The van der Waals surface area contributed by atoms with Crippen LogP contribution in [0.15, 0.2) is 18.2 Å². The molecule has 1 aromatic rings. The highest BCUT2D eigenvalue weighted by Crippen LogP contribution is 2.29. The van der Waals surface area contributed by atoms with Gasteiger partial charge >= 0.3 is 0 Å². The van der Waals surface area contributed by atoms with Gasteiger partial charge in [0.1, 0.15) is 0 Å². The van der Waals surface area contributed by atoms with Gasteiger partial charge in [0.2, 0.25) is 0 Å². The first kappa shape index (κ1) is 14.7. The quantitative estimate of drug-likeness (QED) is 0.891. The van der Waals surface area contributed by atoms with E-state index in [9.17, 15) is 9.90 Å². The lowest BCUT2D eigenvalue weighted by Gasteiger charge is -2.21. The van der Waals surface area contributed by atoms with Gasteiger partial charge in [-0.2, -0.15) is 0 Å². The van der Waals surface area contributed by atoms with E-state index in [1.165, 1.54) is 26.4 Å². The van der Waals surface area contributed by atoms with Gasteiger partial charge in [-0.1, -0.05) is 38.2 Å². The first-order valence-corrected chi connectivity index (χ1v) is 7.39. The second kappa shape index (κ2) is 7.17. The van der Waals surface area contributed by atoms with Crippen LogP contribution in [0.2, 0.25) is 0 Å². The molecule has 2 N–H and O–H groups in total. The topological polar surface area (TPSA) is 58.6 Å². The van der Waals surface area contributed by atoms with E-state index in [1.807, 2.05) is 0 Å². The zero-order valence-corrected chi connectivity index (χ0v) is 12.0. The lowest BCUT2D eigenvalue weighted by atomic mass is 9.96. The smallest absolute Gasteiger partial charge is 0.255 e. The molecule has 1 saturated carbocycles. The normalized spacial score (nSPS) is 17.1. The second-order valence-electron chi connectivity index (χ2n) is 5.37. The maximum Gasteiger partial charge on any atom is 0.255 e. The van der Waals surface area contributed by atoms with Gasteiger partial charge in [-0.05, 0) is 25.0 Å². The fourth-order valence-corrected chi connectivity index (χ4v) is 2.73. The fourth-order valence-electron chi connectivity index (χ4n) is 2.73. The molecular formula is C16H23NO3. The Labute approximate surface area is 120 Å². The van der Waals surface area contributed by atoms with E-state index in [2.05, 4.69) is 5.32 Å². The predicted octanol–water partition coefficient (Wildman–Crippen LogP) is 3.24. The van der Waals surface area contributed by atoms with Gasteiger partial charge in [-0.25, -0.2) is 0 Å². The zero-order chi connectivity index (χ0) is 14.4. The summed E-state index contributed by atoms with van der Waals surface area (Å²) >= 11 is 0. The van der Waals surface area contributed by atoms with E-state index in [4.69, 9.17) is 4.74 Å². The van der Waals surface area contributed by atoms with Crippen molar-refractivity contribution in [3.05, 3.63) is 23.8 Å². The summed E-state index contributed by atoms with van der Waals surface area (Å²) in [5, 5.41) is 13.0. The number of carbonyl (C=O) groups is 1. The van der Waals surface area contributed by atoms with Crippen molar-refractivity contribution in [3.63, 3.8) is 0 Å². The number of phenols is 1. The van der Waals surface area contributed by atoms with E-state index in [-0.39, 0.29) is 23.3 Å². The van der Waals surface area contributed by atoms with E-state index in [0.29, 0.717) is 5.75 Å². The average Bonchev–Trinajstić information content (AvgIpc) is 2.41. The Morgan fingerprint density at radius 1 is 1.20 bits per heavy atom. The second-order valence-corrected chi connectivity index (χ2v) is 5.37. The number of rotatable bonds is 3. The number of hydrogen-bond acceptors (Lipinski definition) is 3. The lowest BCUT2D eigenvalue weighted by molar-refractivity contribution is 0.0927. The van der Waals surface area contributed by atoms with Crippen molar-refractivity contribution in [2.24, 2.45) is 0 Å². The number of ether oxygens (including phenoxy) is 1. The van der Waals surface area contributed by atoms with Crippen LogP contribution in [0.1, 0.15) is 55.3 Å². The van der Waals surface area contributed by atoms with Gasteiger partial charge < -0.3 is 15.2 Å². The van der Waals surface area contributed by atoms with Gasteiger partial charge in [-0.15, -0.1) is 0 Å². The van der Waals surface area contributed by atoms with Crippen molar-refractivity contribution in [1.82, 2.24) is 5.32 Å². The van der Waals surface area contributed by atoms with E-state index >= 15 is 0 Å². The number of carbonyl (C=O) groups excluding carboxylic acids is 1. The van der Waals surface area contributed by atoms with E-state index in [0.717, 1.165) is 25.7 Å². The summed E-state index contributed by atoms with van der Waals surface area (Å²) in [5.41, 5.74) is 0.284. The van der Waals surface area contributed by atoms with Crippen LogP contribution in [-0.4, -0.2) is 24.2 Å². The number of nitrogens with one attached hydrogen (secondary N) is 1. The average molecular weight is 277 g/mol. The maximum absolute atomic E-state index is 12.3. The Bertz CT molecular complexity index is 451. The third kappa shape index (κ3) is 3.65. The van der Waals surface area contributed by atoms with E-state index in [1.54, 1.807) is 18.2 Å². The van der Waals surface area contributed by atoms with Crippen molar-refractivity contribution >= 4 is 5.91 Å². The molecule has 4 heteroatoms. The molecule has 1 aromatic carbocycles. The lowest BCUT2D eigenvalue weighted by Crippen LogP contribution is -2.35. The number of aromatic hydroxyl groups is 1. The number of methoxy groups -OCH3 is 1. The highest BCUT2D eigenvalue weighted by molar-refractivity contribution is 5.97. The van der Waals surface area contributed by atoms with Gasteiger partial charge in [0, 0.05) is 6.04 Å². The molecule has 1 fully saturated rings. The van der Waals surface area contributed by atoms with Crippen molar-refractivity contribution < 1.29 is 14.6 Å². The van der Waals surface area contributed by atoms with Crippen molar-refractivity contribution in [3.8, 4) is 11.5 Å². The van der Waals surface area contributed by atoms with Crippen molar-refractivity contribution in [2.75, 3.05) is 7.11 Å². The molecule has 4 nitrogen and oxygen atoms in total. The molecule has 0 heterocycles. The molecule has 0 spiro atoms. The van der Waals surface area contributed by atoms with Crippen LogP contribution in [0.3, 0.4) is 0 Å². The van der Waals surface area contributed by atoms with Crippen LogP contribution in [-0.2, 0) is 0 Å².